The maximum Gasteiger partial charge on any atom is 0.573 e. The minimum atomic E-state index is -4.76. The molecule has 0 aliphatic carbocycles. The molecule has 0 radical (unpaired) electrons. The number of alkyl halides is 3. The molecule has 1 heterocycles. The Morgan fingerprint density at radius 3 is 2.32 bits per heavy atom. The molecule has 1 aromatic heterocycles. The molecule has 31 heavy (non-hydrogen) atoms. The Morgan fingerprint density at radius 1 is 1.06 bits per heavy atom. The smallest absolute Gasteiger partial charge is 0.462 e. The van der Waals surface area contributed by atoms with Gasteiger partial charge in [-0.1, -0.05) is 0 Å². The van der Waals surface area contributed by atoms with Gasteiger partial charge in [0.1, 0.15) is 11.4 Å². The van der Waals surface area contributed by atoms with E-state index in [0.29, 0.717) is 33.7 Å². The normalized spacial score (nSPS) is 11.6. The lowest BCUT2D eigenvalue weighted by Crippen LogP contribution is -2.27. The molecule has 0 aliphatic rings. The van der Waals surface area contributed by atoms with Crippen LogP contribution in [-0.2, 0) is 4.74 Å². The van der Waals surface area contributed by atoms with Crippen LogP contribution in [0.15, 0.2) is 42.5 Å². The molecule has 2 aromatic carbocycles. The van der Waals surface area contributed by atoms with Crippen LogP contribution in [0.25, 0.3) is 22.3 Å². The van der Waals surface area contributed by atoms with Gasteiger partial charge in [0.25, 0.3) is 0 Å². The Bertz CT molecular complexity index is 1080. The van der Waals surface area contributed by atoms with Gasteiger partial charge in [-0.05, 0) is 63.2 Å². The highest BCUT2D eigenvalue weighted by atomic mass is 19.4. The molecule has 3 rings (SSSR count). The van der Waals surface area contributed by atoms with Crippen LogP contribution in [0.4, 0.5) is 19.0 Å². The highest BCUT2D eigenvalue weighted by molar-refractivity contribution is 5.94. The van der Waals surface area contributed by atoms with E-state index >= 15 is 0 Å². The average Bonchev–Trinajstić information content (AvgIpc) is 2.71. The van der Waals surface area contributed by atoms with Gasteiger partial charge >= 0.3 is 12.3 Å². The molecule has 6 nitrogen and oxygen atoms in total. The van der Waals surface area contributed by atoms with E-state index in [1.807, 2.05) is 25.8 Å². The maximum absolute atomic E-state index is 12.5. The summed E-state index contributed by atoms with van der Waals surface area (Å²) in [5, 5.41) is 0. The topological polar surface area (TPSA) is 64.6 Å². The maximum atomic E-state index is 12.5. The van der Waals surface area contributed by atoms with Gasteiger partial charge in [0.15, 0.2) is 5.82 Å². The molecule has 0 bridgehead atoms. The van der Waals surface area contributed by atoms with Gasteiger partial charge in [-0.3, -0.25) is 0 Å². The van der Waals surface area contributed by atoms with Gasteiger partial charge in [-0.25, -0.2) is 14.8 Å². The monoisotopic (exact) mass is 433 g/mol. The number of hydrogen-bond acceptors (Lipinski definition) is 6. The van der Waals surface area contributed by atoms with E-state index in [1.54, 1.807) is 25.1 Å². The van der Waals surface area contributed by atoms with Crippen LogP contribution in [0, 0.1) is 0 Å². The second kappa shape index (κ2) is 8.79. The predicted octanol–water partition coefficient (Wildman–Crippen LogP) is 5.22. The molecule has 0 fully saturated rings. The summed E-state index contributed by atoms with van der Waals surface area (Å²) in [6.07, 6.45) is -4.76. The van der Waals surface area contributed by atoms with Crippen LogP contribution in [0.1, 0.15) is 31.1 Å². The zero-order valence-corrected chi connectivity index (χ0v) is 17.5. The summed E-state index contributed by atoms with van der Waals surface area (Å²) < 4.78 is 46.3. The van der Waals surface area contributed by atoms with Gasteiger partial charge < -0.3 is 14.4 Å². The highest BCUT2D eigenvalue weighted by Crippen LogP contribution is 2.32. The number of rotatable bonds is 6. The van der Waals surface area contributed by atoms with Crippen LogP contribution < -0.4 is 9.64 Å². The number of carbonyl (C=O) groups is 1. The molecular formula is C22H22F3N3O3. The summed E-state index contributed by atoms with van der Waals surface area (Å²) in [4.78, 5) is 23.3. The van der Waals surface area contributed by atoms with Crippen LogP contribution in [0.3, 0.4) is 0 Å². The molecule has 0 spiro atoms. The summed E-state index contributed by atoms with van der Waals surface area (Å²) in [5.74, 6) is -0.231. The second-order valence-electron chi connectivity index (χ2n) is 7.10. The van der Waals surface area contributed by atoms with Crippen LogP contribution in [0.5, 0.6) is 5.75 Å². The number of anilines is 1. The highest BCUT2D eigenvalue weighted by Gasteiger charge is 2.31. The van der Waals surface area contributed by atoms with E-state index in [0.717, 1.165) is 0 Å². The number of fused-ring (bicyclic) bond motifs is 1. The molecule has 0 unspecified atom stereocenters. The van der Waals surface area contributed by atoms with Gasteiger partial charge in [0.2, 0.25) is 0 Å². The zero-order valence-electron chi connectivity index (χ0n) is 17.5. The molecular weight excluding hydrogens is 411 g/mol. The van der Waals surface area contributed by atoms with Crippen molar-refractivity contribution in [3.8, 4) is 17.0 Å². The Hall–Kier alpha value is -3.36. The number of esters is 1. The number of halogens is 3. The van der Waals surface area contributed by atoms with Crippen LogP contribution in [0.2, 0.25) is 0 Å². The SMILES string of the molecule is CCOC(=O)c1ccc2nc(-c3ccc(OC(F)(F)F)cc3)c(N(C)C(C)C)nc2c1. The largest absolute Gasteiger partial charge is 0.573 e. The predicted molar refractivity (Wildman–Crippen MR) is 111 cm³/mol. The third kappa shape index (κ3) is 5.22. The lowest BCUT2D eigenvalue weighted by atomic mass is 10.1. The number of benzene rings is 2. The quantitative estimate of drug-likeness (QED) is 0.497. The molecule has 164 valence electrons. The fourth-order valence-electron chi connectivity index (χ4n) is 2.89. The van der Waals surface area contributed by atoms with Gasteiger partial charge in [-0.15, -0.1) is 13.2 Å². The van der Waals surface area contributed by atoms with E-state index < -0.39 is 12.3 Å². The van der Waals surface area contributed by atoms with Crippen molar-refractivity contribution in [3.05, 3.63) is 48.0 Å². The van der Waals surface area contributed by atoms with Crippen molar-refractivity contribution in [1.29, 1.82) is 0 Å². The molecule has 0 amide bonds. The van der Waals surface area contributed by atoms with Crippen molar-refractivity contribution in [3.63, 3.8) is 0 Å². The molecule has 9 heteroatoms. The van der Waals surface area contributed by atoms with Gasteiger partial charge in [0, 0.05) is 18.7 Å². The number of ether oxygens (including phenoxy) is 2. The third-order valence-electron chi connectivity index (χ3n) is 4.63. The van der Waals surface area contributed by atoms with Crippen molar-refractivity contribution in [2.24, 2.45) is 0 Å². The number of carbonyl (C=O) groups excluding carboxylic acids is 1. The standard InChI is InChI=1S/C22H22F3N3O3/c1-5-30-21(29)15-8-11-17-18(12-15)27-20(28(4)13(2)3)19(26-17)14-6-9-16(10-7-14)31-22(23,24)25/h6-13H,5H2,1-4H3. The molecule has 0 saturated carbocycles. The summed E-state index contributed by atoms with van der Waals surface area (Å²) >= 11 is 0. The summed E-state index contributed by atoms with van der Waals surface area (Å²) in [6, 6.07) is 10.4. The Balaban J connectivity index is 2.10. The minimum Gasteiger partial charge on any atom is -0.462 e. The lowest BCUT2D eigenvalue weighted by molar-refractivity contribution is -0.274. The second-order valence-corrected chi connectivity index (χ2v) is 7.10. The zero-order chi connectivity index (χ0) is 22.8. The van der Waals surface area contributed by atoms with Crippen molar-refractivity contribution >= 4 is 22.8 Å². The van der Waals surface area contributed by atoms with Crippen molar-refractivity contribution < 1.29 is 27.4 Å². The first-order valence-corrected chi connectivity index (χ1v) is 9.67. The molecule has 3 aromatic rings. The Morgan fingerprint density at radius 2 is 1.74 bits per heavy atom. The first kappa shape index (κ1) is 22.3. The lowest BCUT2D eigenvalue weighted by Gasteiger charge is -2.25. The fraction of sp³-hybridized carbons (Fsp3) is 0.318. The summed E-state index contributed by atoms with van der Waals surface area (Å²) in [7, 11) is 1.85. The first-order valence-electron chi connectivity index (χ1n) is 9.67. The number of nitrogens with zero attached hydrogens (tertiary/aromatic N) is 3. The third-order valence-corrected chi connectivity index (χ3v) is 4.63. The van der Waals surface area contributed by atoms with Crippen molar-refractivity contribution in [1.82, 2.24) is 9.97 Å². The van der Waals surface area contributed by atoms with E-state index in [-0.39, 0.29) is 18.4 Å². The van der Waals surface area contributed by atoms with Gasteiger partial charge in [0.05, 0.1) is 23.2 Å². The first-order chi connectivity index (χ1) is 14.6. The summed E-state index contributed by atoms with van der Waals surface area (Å²) in [6.45, 7) is 5.94. The average molecular weight is 433 g/mol. The van der Waals surface area contributed by atoms with E-state index in [4.69, 9.17) is 9.72 Å². The van der Waals surface area contributed by atoms with Crippen molar-refractivity contribution in [2.75, 3.05) is 18.6 Å². The van der Waals surface area contributed by atoms with Crippen molar-refractivity contribution in [2.45, 2.75) is 33.2 Å². The number of aromatic nitrogens is 2. The molecule has 0 N–H and O–H groups in total. The molecule has 0 atom stereocenters. The Labute approximate surface area is 177 Å². The van der Waals surface area contributed by atoms with Gasteiger partial charge in [-0.2, -0.15) is 0 Å². The van der Waals surface area contributed by atoms with Crippen LogP contribution in [-0.4, -0.2) is 42.0 Å². The molecule has 0 saturated heterocycles. The Kier molecular flexibility index (Phi) is 6.33. The minimum absolute atomic E-state index is 0.0755. The fourth-order valence-corrected chi connectivity index (χ4v) is 2.89. The number of hydrogen-bond donors (Lipinski definition) is 0. The summed E-state index contributed by atoms with van der Waals surface area (Å²) in [5.41, 5.74) is 2.50. The van der Waals surface area contributed by atoms with Crippen LogP contribution >= 0.6 is 0 Å². The van der Waals surface area contributed by atoms with E-state index in [1.165, 1.54) is 24.3 Å². The molecule has 0 aliphatic heterocycles. The van der Waals surface area contributed by atoms with E-state index in [2.05, 4.69) is 9.72 Å². The van der Waals surface area contributed by atoms with E-state index in [9.17, 15) is 18.0 Å².